The maximum absolute atomic E-state index is 10.7. The minimum absolute atomic E-state index is 0.110. The first-order valence-electron chi connectivity index (χ1n) is 6.50. The van der Waals surface area contributed by atoms with Crippen LogP contribution < -0.4 is 10.6 Å². The van der Waals surface area contributed by atoms with Crippen LogP contribution in [-0.4, -0.2) is 41.8 Å². The fourth-order valence-corrected chi connectivity index (χ4v) is 1.73. The number of benzene rings is 1. The molecule has 0 spiro atoms. The molecule has 1 aromatic carbocycles. The zero-order valence-corrected chi connectivity index (χ0v) is 11.4. The van der Waals surface area contributed by atoms with Crippen LogP contribution in [0.5, 0.6) is 0 Å². The van der Waals surface area contributed by atoms with Crippen molar-refractivity contribution in [3.8, 4) is 0 Å². The molecule has 0 saturated heterocycles. The molecule has 0 aliphatic rings. The Hall–Kier alpha value is -1.92. The van der Waals surface area contributed by atoms with E-state index in [1.807, 2.05) is 6.92 Å². The van der Waals surface area contributed by atoms with Gasteiger partial charge >= 0.3 is 11.9 Å². The van der Waals surface area contributed by atoms with Crippen molar-refractivity contribution in [2.75, 3.05) is 19.6 Å². The lowest BCUT2D eigenvalue weighted by molar-refractivity contribution is -0.136. The highest BCUT2D eigenvalue weighted by Gasteiger charge is 2.06. The molecular weight excluding hydrogens is 260 g/mol. The summed E-state index contributed by atoms with van der Waals surface area (Å²) in [6, 6.07) is 6.86. The molecule has 0 saturated carbocycles. The highest BCUT2D eigenvalue weighted by atomic mass is 16.4. The highest BCUT2D eigenvalue weighted by molar-refractivity contribution is 5.87. The summed E-state index contributed by atoms with van der Waals surface area (Å²) in [6.45, 7) is 3.85. The summed E-state index contributed by atoms with van der Waals surface area (Å²) < 4.78 is 0. The molecule has 0 heterocycles. The van der Waals surface area contributed by atoms with Gasteiger partial charge < -0.3 is 20.8 Å². The van der Waals surface area contributed by atoms with E-state index < -0.39 is 11.9 Å². The number of rotatable bonds is 9. The third kappa shape index (κ3) is 5.81. The van der Waals surface area contributed by atoms with Crippen LogP contribution in [-0.2, 0) is 4.79 Å². The largest absolute Gasteiger partial charge is 0.481 e. The molecule has 6 nitrogen and oxygen atoms in total. The summed E-state index contributed by atoms with van der Waals surface area (Å²) in [7, 11) is 0. The maximum Gasteiger partial charge on any atom is 0.335 e. The molecule has 0 amide bonds. The number of aliphatic carboxylic acids is 1. The van der Waals surface area contributed by atoms with Gasteiger partial charge in [-0.25, -0.2) is 4.79 Å². The molecule has 1 atom stereocenters. The van der Waals surface area contributed by atoms with Crippen molar-refractivity contribution in [3.05, 3.63) is 35.4 Å². The predicted octanol–water partition coefficient (Wildman–Crippen LogP) is 1.10. The van der Waals surface area contributed by atoms with Gasteiger partial charge in [0, 0.05) is 25.7 Å². The van der Waals surface area contributed by atoms with Crippen LogP contribution in [0.15, 0.2) is 24.3 Å². The zero-order chi connectivity index (χ0) is 15.0. The number of carboxylic acids is 2. The Labute approximate surface area is 117 Å². The standard InChI is InChI=1S/C14H20N2O4/c1-10(16-9-8-15-7-6-13(17)18)11-2-4-12(5-3-11)14(19)20/h2-5,10,15-16H,6-9H2,1H3,(H,17,18)(H,19,20). The molecule has 1 rings (SSSR count). The van der Waals surface area contributed by atoms with Crippen molar-refractivity contribution in [2.45, 2.75) is 19.4 Å². The quantitative estimate of drug-likeness (QED) is 0.506. The van der Waals surface area contributed by atoms with E-state index in [-0.39, 0.29) is 18.0 Å². The van der Waals surface area contributed by atoms with E-state index in [1.165, 1.54) is 0 Å². The summed E-state index contributed by atoms with van der Waals surface area (Å²) in [4.78, 5) is 21.0. The van der Waals surface area contributed by atoms with Gasteiger partial charge in [-0.3, -0.25) is 4.79 Å². The number of carboxylic acid groups (broad SMARTS) is 2. The summed E-state index contributed by atoms with van der Waals surface area (Å²) in [5, 5.41) is 23.6. The van der Waals surface area contributed by atoms with Crippen molar-refractivity contribution in [2.24, 2.45) is 0 Å². The van der Waals surface area contributed by atoms with Gasteiger partial charge in [-0.2, -0.15) is 0 Å². The molecule has 1 aromatic rings. The van der Waals surface area contributed by atoms with Crippen molar-refractivity contribution in [3.63, 3.8) is 0 Å². The second-order valence-corrected chi connectivity index (χ2v) is 4.50. The molecule has 110 valence electrons. The second kappa shape index (κ2) is 8.29. The van der Waals surface area contributed by atoms with Gasteiger partial charge in [-0.1, -0.05) is 12.1 Å². The molecule has 6 heteroatoms. The normalized spacial score (nSPS) is 12.1. The number of carbonyl (C=O) groups is 2. The number of hydrogen-bond acceptors (Lipinski definition) is 4. The van der Waals surface area contributed by atoms with Gasteiger partial charge in [0.2, 0.25) is 0 Å². The SMILES string of the molecule is CC(NCCNCCC(=O)O)c1ccc(C(=O)O)cc1. The van der Waals surface area contributed by atoms with Crippen LogP contribution >= 0.6 is 0 Å². The Kier molecular flexibility index (Phi) is 6.69. The van der Waals surface area contributed by atoms with E-state index in [9.17, 15) is 9.59 Å². The topological polar surface area (TPSA) is 98.7 Å². The first-order valence-corrected chi connectivity index (χ1v) is 6.50. The van der Waals surface area contributed by atoms with Gasteiger partial charge in [-0.05, 0) is 24.6 Å². The van der Waals surface area contributed by atoms with E-state index in [0.717, 1.165) is 5.56 Å². The third-order valence-electron chi connectivity index (χ3n) is 2.93. The first-order chi connectivity index (χ1) is 9.50. The van der Waals surface area contributed by atoms with Crippen molar-refractivity contribution in [1.82, 2.24) is 10.6 Å². The van der Waals surface area contributed by atoms with E-state index in [2.05, 4.69) is 10.6 Å². The number of hydrogen-bond donors (Lipinski definition) is 4. The van der Waals surface area contributed by atoms with Crippen molar-refractivity contribution in [1.29, 1.82) is 0 Å². The smallest absolute Gasteiger partial charge is 0.335 e. The molecule has 0 radical (unpaired) electrons. The Morgan fingerprint density at radius 3 is 2.30 bits per heavy atom. The maximum atomic E-state index is 10.7. The lowest BCUT2D eigenvalue weighted by Crippen LogP contribution is -2.30. The molecule has 0 bridgehead atoms. The van der Waals surface area contributed by atoms with Crippen LogP contribution in [0.4, 0.5) is 0 Å². The van der Waals surface area contributed by atoms with Gasteiger partial charge in [0.1, 0.15) is 0 Å². The number of aromatic carboxylic acids is 1. The predicted molar refractivity (Wildman–Crippen MR) is 74.9 cm³/mol. The van der Waals surface area contributed by atoms with Gasteiger partial charge in [0.05, 0.1) is 12.0 Å². The Bertz CT molecular complexity index is 445. The summed E-state index contributed by atoms with van der Waals surface area (Å²) in [5.74, 6) is -1.74. The lowest BCUT2D eigenvalue weighted by Gasteiger charge is -2.14. The van der Waals surface area contributed by atoms with Crippen molar-refractivity contribution >= 4 is 11.9 Å². The average Bonchev–Trinajstić information content (AvgIpc) is 2.42. The van der Waals surface area contributed by atoms with Crippen LogP contribution in [0.3, 0.4) is 0 Å². The van der Waals surface area contributed by atoms with Crippen LogP contribution in [0, 0.1) is 0 Å². The van der Waals surface area contributed by atoms with E-state index in [4.69, 9.17) is 10.2 Å². The Balaban J connectivity index is 2.26. The monoisotopic (exact) mass is 280 g/mol. The van der Waals surface area contributed by atoms with Gasteiger partial charge in [-0.15, -0.1) is 0 Å². The first kappa shape index (κ1) is 16.1. The lowest BCUT2D eigenvalue weighted by atomic mass is 10.1. The van der Waals surface area contributed by atoms with Gasteiger partial charge in [0.15, 0.2) is 0 Å². The summed E-state index contributed by atoms with van der Waals surface area (Å²) in [6.07, 6.45) is 0.117. The molecular formula is C14H20N2O4. The fourth-order valence-electron chi connectivity index (χ4n) is 1.73. The molecule has 0 fully saturated rings. The van der Waals surface area contributed by atoms with Gasteiger partial charge in [0.25, 0.3) is 0 Å². The zero-order valence-electron chi connectivity index (χ0n) is 11.4. The van der Waals surface area contributed by atoms with E-state index >= 15 is 0 Å². The molecule has 1 unspecified atom stereocenters. The second-order valence-electron chi connectivity index (χ2n) is 4.50. The summed E-state index contributed by atoms with van der Waals surface area (Å²) in [5.41, 5.74) is 1.29. The Morgan fingerprint density at radius 2 is 1.75 bits per heavy atom. The highest BCUT2D eigenvalue weighted by Crippen LogP contribution is 2.12. The minimum atomic E-state index is -0.931. The van der Waals surface area contributed by atoms with E-state index in [1.54, 1.807) is 24.3 Å². The summed E-state index contributed by atoms with van der Waals surface area (Å²) >= 11 is 0. The van der Waals surface area contributed by atoms with E-state index in [0.29, 0.717) is 19.6 Å². The fraction of sp³-hybridized carbons (Fsp3) is 0.429. The molecule has 0 aliphatic heterocycles. The third-order valence-corrected chi connectivity index (χ3v) is 2.93. The number of nitrogens with one attached hydrogen (secondary N) is 2. The van der Waals surface area contributed by atoms with Crippen molar-refractivity contribution < 1.29 is 19.8 Å². The van der Waals surface area contributed by atoms with Crippen LogP contribution in [0.1, 0.15) is 35.3 Å². The minimum Gasteiger partial charge on any atom is -0.481 e. The molecule has 4 N–H and O–H groups in total. The average molecular weight is 280 g/mol. The van der Waals surface area contributed by atoms with Crippen LogP contribution in [0.25, 0.3) is 0 Å². The molecule has 0 aromatic heterocycles. The molecule has 20 heavy (non-hydrogen) atoms. The van der Waals surface area contributed by atoms with Crippen LogP contribution in [0.2, 0.25) is 0 Å². The Morgan fingerprint density at radius 1 is 1.10 bits per heavy atom. The molecule has 0 aliphatic carbocycles.